The quantitative estimate of drug-likeness (QED) is 0.847. The number of likely N-dealkylation sites (tertiary alicyclic amines) is 1. The fraction of sp³-hybridized carbons (Fsp3) is 0.455. The Bertz CT molecular complexity index is 385. The molecule has 2 rings (SSSR count). The van der Waals surface area contributed by atoms with Crippen LogP contribution in [0.2, 0.25) is 0 Å². The van der Waals surface area contributed by atoms with Crippen molar-refractivity contribution in [3.05, 3.63) is 34.1 Å². The molecular formula is C11H13BrFNO. The summed E-state index contributed by atoms with van der Waals surface area (Å²) in [5.74, 6) is -0.352. The van der Waals surface area contributed by atoms with Crippen molar-refractivity contribution in [2.24, 2.45) is 0 Å². The van der Waals surface area contributed by atoms with Crippen molar-refractivity contribution in [2.75, 3.05) is 20.1 Å². The fourth-order valence-corrected chi connectivity index (χ4v) is 2.43. The van der Waals surface area contributed by atoms with Gasteiger partial charge in [0.25, 0.3) is 0 Å². The molecule has 0 amide bonds. The maximum atomic E-state index is 13.8. The molecule has 15 heavy (non-hydrogen) atoms. The van der Waals surface area contributed by atoms with Crippen LogP contribution in [-0.4, -0.2) is 30.1 Å². The zero-order valence-corrected chi connectivity index (χ0v) is 10.1. The van der Waals surface area contributed by atoms with Crippen molar-refractivity contribution in [1.29, 1.82) is 0 Å². The summed E-state index contributed by atoms with van der Waals surface area (Å²) in [4.78, 5) is 2.00. The van der Waals surface area contributed by atoms with E-state index in [-0.39, 0.29) is 5.82 Å². The van der Waals surface area contributed by atoms with E-state index in [9.17, 15) is 9.50 Å². The van der Waals surface area contributed by atoms with E-state index in [1.54, 1.807) is 18.2 Å². The first-order valence-electron chi connectivity index (χ1n) is 4.88. The van der Waals surface area contributed by atoms with E-state index >= 15 is 0 Å². The molecule has 2 nitrogen and oxygen atoms in total. The summed E-state index contributed by atoms with van der Waals surface area (Å²) in [6.45, 7) is 1.28. The number of halogens is 2. The number of aliphatic hydroxyl groups is 1. The molecule has 1 aromatic carbocycles. The van der Waals surface area contributed by atoms with Gasteiger partial charge in [0.1, 0.15) is 11.4 Å². The van der Waals surface area contributed by atoms with Crippen LogP contribution < -0.4 is 0 Å². The Labute approximate surface area is 96.8 Å². The van der Waals surface area contributed by atoms with Crippen molar-refractivity contribution in [3.63, 3.8) is 0 Å². The summed E-state index contributed by atoms with van der Waals surface area (Å²) in [6.07, 6.45) is 0.580. The fourth-order valence-electron chi connectivity index (χ4n) is 2.06. The van der Waals surface area contributed by atoms with Crippen LogP contribution in [0.1, 0.15) is 12.0 Å². The van der Waals surface area contributed by atoms with Crippen molar-refractivity contribution < 1.29 is 9.50 Å². The van der Waals surface area contributed by atoms with Gasteiger partial charge in [0.15, 0.2) is 0 Å². The van der Waals surface area contributed by atoms with Crippen molar-refractivity contribution in [1.82, 2.24) is 4.90 Å². The standard InChI is InChI=1S/C11H13BrFNO/c1-14-6-5-11(15,7-14)8-3-2-4-9(12)10(8)13/h2-4,15H,5-7H2,1H3. The Balaban J connectivity index is 2.41. The Kier molecular flexibility index (Phi) is 2.83. The van der Waals surface area contributed by atoms with Gasteiger partial charge in [-0.3, -0.25) is 0 Å². The Morgan fingerprint density at radius 1 is 1.53 bits per heavy atom. The van der Waals surface area contributed by atoms with Crippen LogP contribution in [0.25, 0.3) is 0 Å². The Morgan fingerprint density at radius 3 is 2.87 bits per heavy atom. The average Bonchev–Trinajstić information content (AvgIpc) is 2.52. The zero-order chi connectivity index (χ0) is 11.1. The molecule has 82 valence electrons. The highest BCUT2D eigenvalue weighted by Crippen LogP contribution is 2.34. The van der Waals surface area contributed by atoms with Crippen LogP contribution in [0, 0.1) is 5.82 Å². The molecule has 0 saturated carbocycles. The zero-order valence-electron chi connectivity index (χ0n) is 8.50. The summed E-state index contributed by atoms with van der Waals surface area (Å²) < 4.78 is 14.2. The lowest BCUT2D eigenvalue weighted by molar-refractivity contribution is 0.0451. The van der Waals surface area contributed by atoms with Gasteiger partial charge in [0, 0.05) is 18.7 Å². The monoisotopic (exact) mass is 273 g/mol. The molecule has 0 radical (unpaired) electrons. The smallest absolute Gasteiger partial charge is 0.143 e. The lowest BCUT2D eigenvalue weighted by atomic mass is 9.93. The van der Waals surface area contributed by atoms with Crippen molar-refractivity contribution in [3.8, 4) is 0 Å². The number of rotatable bonds is 1. The van der Waals surface area contributed by atoms with Crippen molar-refractivity contribution in [2.45, 2.75) is 12.0 Å². The van der Waals surface area contributed by atoms with Crippen LogP contribution in [0.4, 0.5) is 4.39 Å². The van der Waals surface area contributed by atoms with Crippen LogP contribution in [0.5, 0.6) is 0 Å². The molecule has 0 aromatic heterocycles. The van der Waals surface area contributed by atoms with Crippen LogP contribution in [0.3, 0.4) is 0 Å². The number of β-amino-alcohol motifs (C(OH)–C–C–N with tert-alkyl or cyclic N) is 1. The molecule has 1 heterocycles. The molecule has 0 bridgehead atoms. The highest BCUT2D eigenvalue weighted by atomic mass is 79.9. The van der Waals surface area contributed by atoms with E-state index in [1.807, 2.05) is 11.9 Å². The van der Waals surface area contributed by atoms with E-state index in [4.69, 9.17) is 0 Å². The van der Waals surface area contributed by atoms with Gasteiger partial charge in [-0.2, -0.15) is 0 Å². The van der Waals surface area contributed by atoms with E-state index in [2.05, 4.69) is 15.9 Å². The van der Waals surface area contributed by atoms with E-state index in [0.717, 1.165) is 6.54 Å². The minimum absolute atomic E-state index is 0.352. The maximum absolute atomic E-state index is 13.8. The first kappa shape index (κ1) is 11.0. The van der Waals surface area contributed by atoms with Crippen LogP contribution in [-0.2, 0) is 5.60 Å². The molecule has 1 fully saturated rings. The molecule has 0 spiro atoms. The average molecular weight is 274 g/mol. The normalized spacial score (nSPS) is 27.2. The second kappa shape index (κ2) is 3.85. The number of benzene rings is 1. The molecule has 1 aromatic rings. The molecular weight excluding hydrogens is 261 g/mol. The maximum Gasteiger partial charge on any atom is 0.143 e. The topological polar surface area (TPSA) is 23.5 Å². The number of likely N-dealkylation sites (N-methyl/N-ethyl adjacent to an activating group) is 1. The molecule has 4 heteroatoms. The third kappa shape index (κ3) is 1.94. The second-order valence-corrected chi connectivity index (χ2v) is 4.98. The SMILES string of the molecule is CN1CCC(O)(c2cccc(Br)c2F)C1. The molecule has 1 N–H and O–H groups in total. The van der Waals surface area contributed by atoms with Gasteiger partial charge in [-0.25, -0.2) is 4.39 Å². The Morgan fingerprint density at radius 2 is 2.27 bits per heavy atom. The lowest BCUT2D eigenvalue weighted by Gasteiger charge is -2.23. The van der Waals surface area contributed by atoms with E-state index in [1.165, 1.54) is 0 Å². The predicted octanol–water partition coefficient (Wildman–Crippen LogP) is 2.11. The largest absolute Gasteiger partial charge is 0.384 e. The van der Waals surface area contributed by atoms with Gasteiger partial charge in [-0.15, -0.1) is 0 Å². The second-order valence-electron chi connectivity index (χ2n) is 4.12. The summed E-state index contributed by atoms with van der Waals surface area (Å²) in [7, 11) is 1.92. The minimum Gasteiger partial charge on any atom is -0.384 e. The Hall–Kier alpha value is -0.450. The first-order valence-corrected chi connectivity index (χ1v) is 5.68. The van der Waals surface area contributed by atoms with Gasteiger partial charge in [-0.1, -0.05) is 12.1 Å². The summed E-state index contributed by atoms with van der Waals surface area (Å²) in [5, 5.41) is 10.3. The van der Waals surface area contributed by atoms with Gasteiger partial charge in [0.05, 0.1) is 4.47 Å². The number of hydrogen-bond donors (Lipinski definition) is 1. The molecule has 1 aliphatic heterocycles. The summed E-state index contributed by atoms with van der Waals surface area (Å²) >= 11 is 3.13. The number of nitrogens with zero attached hydrogens (tertiary/aromatic N) is 1. The predicted molar refractivity (Wildman–Crippen MR) is 60.1 cm³/mol. The molecule has 0 aliphatic carbocycles. The van der Waals surface area contributed by atoms with E-state index in [0.29, 0.717) is 23.0 Å². The number of hydrogen-bond acceptors (Lipinski definition) is 2. The molecule has 1 atom stereocenters. The van der Waals surface area contributed by atoms with Gasteiger partial charge in [0.2, 0.25) is 0 Å². The summed E-state index contributed by atoms with van der Waals surface area (Å²) in [6, 6.07) is 5.04. The van der Waals surface area contributed by atoms with E-state index < -0.39 is 5.60 Å². The molecule has 1 saturated heterocycles. The lowest BCUT2D eigenvalue weighted by Crippen LogP contribution is -2.30. The highest BCUT2D eigenvalue weighted by Gasteiger charge is 2.38. The molecule has 1 unspecified atom stereocenters. The van der Waals surface area contributed by atoms with Crippen LogP contribution >= 0.6 is 15.9 Å². The third-order valence-corrected chi connectivity index (χ3v) is 3.50. The van der Waals surface area contributed by atoms with Gasteiger partial charge in [-0.05, 0) is 35.5 Å². The van der Waals surface area contributed by atoms with Gasteiger partial charge >= 0.3 is 0 Å². The highest BCUT2D eigenvalue weighted by molar-refractivity contribution is 9.10. The van der Waals surface area contributed by atoms with Crippen LogP contribution in [0.15, 0.2) is 22.7 Å². The molecule has 1 aliphatic rings. The van der Waals surface area contributed by atoms with Crippen molar-refractivity contribution >= 4 is 15.9 Å². The summed E-state index contributed by atoms with van der Waals surface area (Å²) in [5.41, 5.74) is -0.649. The third-order valence-electron chi connectivity index (χ3n) is 2.89. The van der Waals surface area contributed by atoms with Gasteiger partial charge < -0.3 is 10.0 Å². The first-order chi connectivity index (χ1) is 7.03. The minimum atomic E-state index is -1.04.